The van der Waals surface area contributed by atoms with Crippen LogP contribution in [-0.4, -0.2) is 6.04 Å². The third-order valence-electron chi connectivity index (χ3n) is 6.38. The van der Waals surface area contributed by atoms with Crippen LogP contribution in [0, 0.1) is 23.7 Å². The maximum atomic E-state index is 5.67. The molecule has 1 aromatic carbocycles. The Bertz CT molecular complexity index is 475. The lowest BCUT2D eigenvalue weighted by Gasteiger charge is -2.52. The lowest BCUT2D eigenvalue weighted by molar-refractivity contribution is 0.00606. The van der Waals surface area contributed by atoms with Gasteiger partial charge in [-0.1, -0.05) is 30.7 Å². The maximum absolute atomic E-state index is 5.67. The standard InChI is InChI=1S/C19H28N2/c20-11-13-1-3-14(4-2-13)12-21-19-10-16-7-15-5-6-18(19)17(8-15)9-16/h1-4,15-19,21H,5-12,20H2. The van der Waals surface area contributed by atoms with Gasteiger partial charge in [0, 0.05) is 19.1 Å². The van der Waals surface area contributed by atoms with Crippen LogP contribution in [0.1, 0.15) is 49.7 Å². The summed E-state index contributed by atoms with van der Waals surface area (Å²) >= 11 is 0. The molecule has 1 aromatic rings. The van der Waals surface area contributed by atoms with Crippen LogP contribution in [-0.2, 0) is 13.1 Å². The highest BCUT2D eigenvalue weighted by Gasteiger charge is 2.45. The zero-order chi connectivity index (χ0) is 14.2. The van der Waals surface area contributed by atoms with Crippen molar-refractivity contribution < 1.29 is 0 Å². The predicted octanol–water partition coefficient (Wildman–Crippen LogP) is 3.45. The third-order valence-corrected chi connectivity index (χ3v) is 6.38. The molecule has 0 aliphatic heterocycles. The second-order valence-electron chi connectivity index (χ2n) is 7.68. The Morgan fingerprint density at radius 3 is 2.48 bits per heavy atom. The summed E-state index contributed by atoms with van der Waals surface area (Å²) in [7, 11) is 0. The highest BCUT2D eigenvalue weighted by molar-refractivity contribution is 5.22. The zero-order valence-corrected chi connectivity index (χ0v) is 12.9. The Morgan fingerprint density at radius 2 is 1.67 bits per heavy atom. The SMILES string of the molecule is NCc1ccc(CNC2CC3CC4CCC2C(C4)C3)cc1. The lowest BCUT2D eigenvalue weighted by Crippen LogP contribution is -2.50. The Balaban J connectivity index is 1.40. The quantitative estimate of drug-likeness (QED) is 0.888. The van der Waals surface area contributed by atoms with Crippen molar-refractivity contribution >= 4 is 0 Å². The molecule has 3 saturated carbocycles. The first-order chi connectivity index (χ1) is 10.3. The van der Waals surface area contributed by atoms with Gasteiger partial charge in [0.1, 0.15) is 0 Å². The summed E-state index contributed by atoms with van der Waals surface area (Å²) in [5.41, 5.74) is 8.29. The minimum atomic E-state index is 0.642. The summed E-state index contributed by atoms with van der Waals surface area (Å²) in [4.78, 5) is 0. The van der Waals surface area contributed by atoms with Crippen molar-refractivity contribution in [2.45, 2.75) is 57.7 Å². The molecule has 0 heterocycles. The molecule has 0 aromatic heterocycles. The molecule has 5 atom stereocenters. The molecule has 3 aliphatic rings. The average Bonchev–Trinajstić information content (AvgIpc) is 2.51. The minimum absolute atomic E-state index is 0.642. The van der Waals surface area contributed by atoms with Gasteiger partial charge in [0.25, 0.3) is 0 Å². The van der Waals surface area contributed by atoms with Crippen molar-refractivity contribution in [3.8, 4) is 0 Å². The fourth-order valence-corrected chi connectivity index (χ4v) is 5.40. The molecule has 2 heteroatoms. The lowest BCUT2D eigenvalue weighted by atomic mass is 9.56. The summed E-state index contributed by atoms with van der Waals surface area (Å²) in [5.74, 6) is 4.09. The second-order valence-corrected chi connectivity index (χ2v) is 7.68. The van der Waals surface area contributed by atoms with Crippen LogP contribution in [0.5, 0.6) is 0 Å². The van der Waals surface area contributed by atoms with E-state index in [1.807, 2.05) is 0 Å². The van der Waals surface area contributed by atoms with Gasteiger partial charge >= 0.3 is 0 Å². The van der Waals surface area contributed by atoms with E-state index in [0.717, 1.165) is 36.3 Å². The number of nitrogens with one attached hydrogen (secondary N) is 1. The predicted molar refractivity (Wildman–Crippen MR) is 86.6 cm³/mol. The van der Waals surface area contributed by atoms with Gasteiger partial charge in [0.2, 0.25) is 0 Å². The summed E-state index contributed by atoms with van der Waals surface area (Å²) in [6, 6.07) is 9.56. The molecule has 3 N–H and O–H groups in total. The summed E-state index contributed by atoms with van der Waals surface area (Å²) in [6.07, 6.45) is 8.99. The molecule has 3 aliphatic carbocycles. The molecule has 114 valence electrons. The maximum Gasteiger partial charge on any atom is 0.0208 e. The van der Waals surface area contributed by atoms with Gasteiger partial charge in [-0.15, -0.1) is 0 Å². The van der Waals surface area contributed by atoms with Crippen molar-refractivity contribution in [1.82, 2.24) is 5.32 Å². The van der Waals surface area contributed by atoms with E-state index < -0.39 is 0 Å². The topological polar surface area (TPSA) is 38.0 Å². The van der Waals surface area contributed by atoms with E-state index in [1.165, 1.54) is 49.7 Å². The Morgan fingerprint density at radius 1 is 0.905 bits per heavy atom. The Labute approximate surface area is 128 Å². The molecule has 0 spiro atoms. The van der Waals surface area contributed by atoms with Gasteiger partial charge in [-0.3, -0.25) is 0 Å². The monoisotopic (exact) mass is 284 g/mol. The van der Waals surface area contributed by atoms with Gasteiger partial charge in [0.05, 0.1) is 0 Å². The largest absolute Gasteiger partial charge is 0.326 e. The summed E-state index contributed by atoms with van der Waals surface area (Å²) in [5, 5.41) is 3.90. The van der Waals surface area contributed by atoms with E-state index in [2.05, 4.69) is 29.6 Å². The first-order valence-electron chi connectivity index (χ1n) is 8.83. The molecule has 0 amide bonds. The smallest absolute Gasteiger partial charge is 0.0208 e. The Hall–Kier alpha value is -0.860. The fourth-order valence-electron chi connectivity index (χ4n) is 5.40. The van der Waals surface area contributed by atoms with Gasteiger partial charge in [-0.05, 0) is 66.9 Å². The van der Waals surface area contributed by atoms with Crippen LogP contribution >= 0.6 is 0 Å². The van der Waals surface area contributed by atoms with Crippen LogP contribution in [0.15, 0.2) is 24.3 Å². The highest BCUT2D eigenvalue weighted by Crippen LogP contribution is 2.52. The molecule has 2 nitrogen and oxygen atoms in total. The average molecular weight is 284 g/mol. The molecule has 4 rings (SSSR count). The van der Waals surface area contributed by atoms with Crippen molar-refractivity contribution in [1.29, 1.82) is 0 Å². The first-order valence-corrected chi connectivity index (χ1v) is 8.83. The molecule has 3 bridgehead atoms. The van der Waals surface area contributed by atoms with Crippen molar-refractivity contribution in [2.24, 2.45) is 29.4 Å². The molecular weight excluding hydrogens is 256 g/mol. The van der Waals surface area contributed by atoms with Crippen LogP contribution in [0.25, 0.3) is 0 Å². The van der Waals surface area contributed by atoms with Crippen LogP contribution in [0.3, 0.4) is 0 Å². The van der Waals surface area contributed by atoms with E-state index in [9.17, 15) is 0 Å². The van der Waals surface area contributed by atoms with E-state index >= 15 is 0 Å². The summed E-state index contributed by atoms with van der Waals surface area (Å²) < 4.78 is 0. The van der Waals surface area contributed by atoms with Gasteiger partial charge in [0.15, 0.2) is 0 Å². The van der Waals surface area contributed by atoms with E-state index in [4.69, 9.17) is 5.73 Å². The van der Waals surface area contributed by atoms with Gasteiger partial charge in [-0.2, -0.15) is 0 Å². The molecule has 21 heavy (non-hydrogen) atoms. The van der Waals surface area contributed by atoms with Gasteiger partial charge < -0.3 is 11.1 Å². The molecule has 0 saturated heterocycles. The van der Waals surface area contributed by atoms with E-state index in [1.54, 1.807) is 0 Å². The van der Waals surface area contributed by atoms with E-state index in [-0.39, 0.29) is 0 Å². The van der Waals surface area contributed by atoms with E-state index in [0.29, 0.717) is 6.54 Å². The van der Waals surface area contributed by atoms with Crippen LogP contribution in [0.4, 0.5) is 0 Å². The van der Waals surface area contributed by atoms with Gasteiger partial charge in [-0.25, -0.2) is 0 Å². The third kappa shape index (κ3) is 2.76. The second kappa shape index (κ2) is 5.73. The fraction of sp³-hybridized carbons (Fsp3) is 0.684. The number of hydrogen-bond acceptors (Lipinski definition) is 2. The molecule has 0 radical (unpaired) electrons. The highest BCUT2D eigenvalue weighted by atomic mass is 14.9. The number of fused-ring (bicyclic) bond motifs is 2. The normalized spacial score (nSPS) is 37.7. The number of rotatable bonds is 4. The van der Waals surface area contributed by atoms with Crippen LogP contribution < -0.4 is 11.1 Å². The first kappa shape index (κ1) is 13.8. The molecule has 3 fully saturated rings. The molecule has 5 unspecified atom stereocenters. The molecular formula is C19H28N2. The zero-order valence-electron chi connectivity index (χ0n) is 12.9. The Kier molecular flexibility index (Phi) is 3.76. The van der Waals surface area contributed by atoms with Crippen molar-refractivity contribution in [3.63, 3.8) is 0 Å². The van der Waals surface area contributed by atoms with Crippen molar-refractivity contribution in [2.75, 3.05) is 0 Å². The van der Waals surface area contributed by atoms with Crippen molar-refractivity contribution in [3.05, 3.63) is 35.4 Å². The minimum Gasteiger partial charge on any atom is -0.326 e. The number of nitrogens with two attached hydrogens (primary N) is 1. The van der Waals surface area contributed by atoms with Crippen LogP contribution in [0.2, 0.25) is 0 Å². The summed E-state index contributed by atoms with van der Waals surface area (Å²) in [6.45, 7) is 1.66. The number of benzene rings is 1. The number of hydrogen-bond donors (Lipinski definition) is 2.